The van der Waals surface area contributed by atoms with Gasteiger partial charge in [-0.3, -0.25) is 0 Å². The molecule has 0 heterocycles. The molecule has 0 saturated carbocycles. The lowest BCUT2D eigenvalue weighted by Crippen LogP contribution is -2.08. The number of ether oxygens (including phenoxy) is 1. The van der Waals surface area contributed by atoms with Crippen LogP contribution in [0.4, 0.5) is 0 Å². The first-order valence-corrected chi connectivity index (χ1v) is 5.10. The molecule has 0 fully saturated rings. The van der Waals surface area contributed by atoms with Crippen molar-refractivity contribution in [1.82, 2.24) is 0 Å². The molecule has 0 bridgehead atoms. The molecule has 0 aliphatic rings. The summed E-state index contributed by atoms with van der Waals surface area (Å²) in [6, 6.07) is 10.1. The maximum Gasteiger partial charge on any atom is 0.0728 e. The van der Waals surface area contributed by atoms with Gasteiger partial charge in [0.15, 0.2) is 0 Å². The van der Waals surface area contributed by atoms with Crippen molar-refractivity contribution in [2.75, 3.05) is 6.61 Å². The lowest BCUT2D eigenvalue weighted by Gasteiger charge is -2.03. The topological polar surface area (TPSA) is 35.2 Å². The van der Waals surface area contributed by atoms with Gasteiger partial charge in [0.2, 0.25) is 0 Å². The Morgan fingerprint density at radius 1 is 1.29 bits per heavy atom. The van der Waals surface area contributed by atoms with E-state index >= 15 is 0 Å². The van der Waals surface area contributed by atoms with E-state index in [9.17, 15) is 0 Å². The van der Waals surface area contributed by atoms with Crippen molar-refractivity contribution in [2.24, 2.45) is 5.73 Å². The van der Waals surface area contributed by atoms with Gasteiger partial charge in [0.05, 0.1) is 11.6 Å². The molecule has 14 heavy (non-hydrogen) atoms. The average molecular weight is 209 g/mol. The Balaban J connectivity index is 2.08. The van der Waals surface area contributed by atoms with Crippen LogP contribution < -0.4 is 5.73 Å². The van der Waals surface area contributed by atoms with Crippen LogP contribution in [0.2, 0.25) is 0 Å². The van der Waals surface area contributed by atoms with Crippen molar-refractivity contribution >= 4 is 17.2 Å². The Morgan fingerprint density at radius 2 is 2.00 bits per heavy atom. The quantitative estimate of drug-likeness (QED) is 0.576. The van der Waals surface area contributed by atoms with E-state index < -0.39 is 0 Å². The monoisotopic (exact) mass is 209 g/mol. The van der Waals surface area contributed by atoms with Gasteiger partial charge in [-0.1, -0.05) is 42.5 Å². The fraction of sp³-hybridized carbons (Fsp3) is 0.364. The number of nitrogens with two attached hydrogens (primary N) is 1. The van der Waals surface area contributed by atoms with Gasteiger partial charge >= 0.3 is 0 Å². The molecule has 1 aromatic carbocycles. The van der Waals surface area contributed by atoms with E-state index in [0.29, 0.717) is 18.2 Å². The van der Waals surface area contributed by atoms with Crippen molar-refractivity contribution in [1.29, 1.82) is 0 Å². The third kappa shape index (κ3) is 4.94. The first kappa shape index (κ1) is 11.1. The number of rotatable bonds is 6. The summed E-state index contributed by atoms with van der Waals surface area (Å²) in [4.78, 5) is 0.563. The van der Waals surface area contributed by atoms with E-state index in [-0.39, 0.29) is 0 Å². The van der Waals surface area contributed by atoms with E-state index in [1.165, 1.54) is 5.56 Å². The summed E-state index contributed by atoms with van der Waals surface area (Å²) in [5, 5.41) is 0. The second kappa shape index (κ2) is 6.51. The smallest absolute Gasteiger partial charge is 0.0728 e. The Hall–Kier alpha value is -0.930. The Bertz CT molecular complexity index is 274. The zero-order valence-corrected chi connectivity index (χ0v) is 8.93. The molecular weight excluding hydrogens is 194 g/mol. The molecule has 3 heteroatoms. The van der Waals surface area contributed by atoms with Gasteiger partial charge in [0, 0.05) is 6.61 Å². The average Bonchev–Trinajstić information content (AvgIpc) is 2.18. The third-order valence-corrected chi connectivity index (χ3v) is 2.03. The third-order valence-electron chi connectivity index (χ3n) is 1.82. The number of hydrogen-bond acceptors (Lipinski definition) is 2. The molecule has 0 unspecified atom stereocenters. The molecule has 0 aliphatic carbocycles. The molecule has 76 valence electrons. The van der Waals surface area contributed by atoms with Crippen LogP contribution in [0.15, 0.2) is 30.3 Å². The highest BCUT2D eigenvalue weighted by Crippen LogP contribution is 2.01. The summed E-state index contributed by atoms with van der Waals surface area (Å²) in [7, 11) is 0. The van der Waals surface area contributed by atoms with Crippen LogP contribution >= 0.6 is 12.2 Å². The van der Waals surface area contributed by atoms with Gasteiger partial charge in [-0.25, -0.2) is 0 Å². The van der Waals surface area contributed by atoms with E-state index in [0.717, 1.165) is 12.8 Å². The summed E-state index contributed by atoms with van der Waals surface area (Å²) >= 11 is 4.76. The second-order valence-electron chi connectivity index (χ2n) is 3.11. The highest BCUT2D eigenvalue weighted by molar-refractivity contribution is 7.80. The van der Waals surface area contributed by atoms with Gasteiger partial charge in [-0.15, -0.1) is 0 Å². The normalized spacial score (nSPS) is 10.0. The van der Waals surface area contributed by atoms with Crippen LogP contribution in [0, 0.1) is 0 Å². The molecule has 0 radical (unpaired) electrons. The van der Waals surface area contributed by atoms with Crippen molar-refractivity contribution in [3.63, 3.8) is 0 Å². The van der Waals surface area contributed by atoms with Crippen molar-refractivity contribution in [2.45, 2.75) is 19.4 Å². The van der Waals surface area contributed by atoms with Crippen molar-refractivity contribution in [3.8, 4) is 0 Å². The summed E-state index contributed by atoms with van der Waals surface area (Å²) < 4.78 is 5.45. The van der Waals surface area contributed by atoms with E-state index in [1.807, 2.05) is 30.3 Å². The standard InChI is InChI=1S/C11H15NOS/c12-11(14)7-4-8-13-9-10-5-2-1-3-6-10/h1-3,5-6H,4,7-9H2,(H2,12,14). The SMILES string of the molecule is NC(=S)CCCOCc1ccccc1. The molecule has 1 aromatic rings. The predicted octanol–water partition coefficient (Wildman–Crippen LogP) is 2.27. The van der Waals surface area contributed by atoms with Gasteiger partial charge < -0.3 is 10.5 Å². The Labute approximate surface area is 90.1 Å². The molecule has 2 nitrogen and oxygen atoms in total. The van der Waals surface area contributed by atoms with Crippen LogP contribution in [-0.2, 0) is 11.3 Å². The molecule has 1 rings (SSSR count). The number of thiocarbonyl (C=S) groups is 1. The first-order valence-electron chi connectivity index (χ1n) is 4.69. The van der Waals surface area contributed by atoms with E-state index in [1.54, 1.807) is 0 Å². The fourth-order valence-electron chi connectivity index (χ4n) is 1.11. The Kier molecular flexibility index (Phi) is 5.19. The Morgan fingerprint density at radius 3 is 2.64 bits per heavy atom. The van der Waals surface area contributed by atoms with Gasteiger partial charge in [-0.05, 0) is 18.4 Å². The van der Waals surface area contributed by atoms with Crippen molar-refractivity contribution < 1.29 is 4.74 Å². The van der Waals surface area contributed by atoms with Crippen LogP contribution in [0.5, 0.6) is 0 Å². The highest BCUT2D eigenvalue weighted by Gasteiger charge is 1.93. The summed E-state index contributed by atoms with van der Waals surface area (Å²) in [6.45, 7) is 1.38. The zero-order chi connectivity index (χ0) is 10.2. The number of benzene rings is 1. The van der Waals surface area contributed by atoms with Crippen LogP contribution in [0.3, 0.4) is 0 Å². The molecule has 0 amide bonds. The molecule has 0 atom stereocenters. The van der Waals surface area contributed by atoms with E-state index in [2.05, 4.69) is 0 Å². The molecule has 2 N–H and O–H groups in total. The van der Waals surface area contributed by atoms with Crippen LogP contribution in [0.1, 0.15) is 18.4 Å². The minimum Gasteiger partial charge on any atom is -0.393 e. The second-order valence-corrected chi connectivity index (χ2v) is 3.63. The maximum absolute atomic E-state index is 5.45. The molecule has 0 saturated heterocycles. The lowest BCUT2D eigenvalue weighted by molar-refractivity contribution is 0.120. The predicted molar refractivity (Wildman–Crippen MR) is 62.1 cm³/mol. The molecular formula is C11H15NOS. The summed E-state index contributed by atoms with van der Waals surface area (Å²) in [5.74, 6) is 0. The maximum atomic E-state index is 5.45. The molecule has 0 aromatic heterocycles. The van der Waals surface area contributed by atoms with Gasteiger partial charge in [0.1, 0.15) is 0 Å². The fourth-order valence-corrected chi connectivity index (χ4v) is 1.26. The van der Waals surface area contributed by atoms with E-state index in [4.69, 9.17) is 22.7 Å². The molecule has 0 spiro atoms. The zero-order valence-electron chi connectivity index (χ0n) is 8.11. The highest BCUT2D eigenvalue weighted by atomic mass is 32.1. The van der Waals surface area contributed by atoms with Gasteiger partial charge in [0.25, 0.3) is 0 Å². The van der Waals surface area contributed by atoms with Gasteiger partial charge in [-0.2, -0.15) is 0 Å². The minimum atomic E-state index is 0.563. The largest absolute Gasteiger partial charge is 0.393 e. The minimum absolute atomic E-state index is 0.563. The number of hydrogen-bond donors (Lipinski definition) is 1. The first-order chi connectivity index (χ1) is 6.79. The summed E-state index contributed by atoms with van der Waals surface area (Å²) in [6.07, 6.45) is 1.67. The lowest BCUT2D eigenvalue weighted by atomic mass is 10.2. The van der Waals surface area contributed by atoms with Crippen molar-refractivity contribution in [3.05, 3.63) is 35.9 Å². The van der Waals surface area contributed by atoms with Crippen LogP contribution in [0.25, 0.3) is 0 Å². The molecule has 0 aliphatic heterocycles. The summed E-state index contributed by atoms with van der Waals surface area (Å²) in [5.41, 5.74) is 6.56. The van der Waals surface area contributed by atoms with Crippen LogP contribution in [-0.4, -0.2) is 11.6 Å².